The van der Waals surface area contributed by atoms with Crippen molar-refractivity contribution in [1.82, 2.24) is 14.8 Å². The summed E-state index contributed by atoms with van der Waals surface area (Å²) < 4.78 is 2.09. The Balaban J connectivity index is 2.16. The molecule has 0 amide bonds. The number of hydrogen-bond acceptors (Lipinski definition) is 2. The number of aromatic amines is 2. The van der Waals surface area contributed by atoms with Gasteiger partial charge in [0.15, 0.2) is 4.77 Å². The van der Waals surface area contributed by atoms with Gasteiger partial charge in [0.05, 0.1) is 0 Å². The van der Waals surface area contributed by atoms with Crippen molar-refractivity contribution >= 4 is 12.2 Å². The average Bonchev–Trinajstić information content (AvgIpc) is 2.88. The molecule has 1 saturated carbocycles. The Morgan fingerprint density at radius 2 is 2.31 bits per heavy atom. The molecule has 72 valence electrons. The van der Waals surface area contributed by atoms with Crippen molar-refractivity contribution in [2.24, 2.45) is 11.8 Å². The molecule has 1 fully saturated rings. The summed E-state index contributed by atoms with van der Waals surface area (Å²) in [7, 11) is 0. The van der Waals surface area contributed by atoms with E-state index in [1.165, 1.54) is 12.8 Å². The second kappa shape index (κ2) is 3.14. The quantitative estimate of drug-likeness (QED) is 0.720. The molecule has 1 aliphatic rings. The molecule has 1 atom stereocenters. The summed E-state index contributed by atoms with van der Waals surface area (Å²) in [6, 6.07) is 0. The van der Waals surface area contributed by atoms with Gasteiger partial charge in [-0.05, 0) is 36.9 Å². The maximum atomic E-state index is 11.2. The second-order valence-electron chi connectivity index (χ2n) is 3.79. The van der Waals surface area contributed by atoms with E-state index in [0.717, 1.165) is 12.5 Å². The van der Waals surface area contributed by atoms with E-state index in [1.807, 2.05) is 0 Å². The monoisotopic (exact) mass is 199 g/mol. The second-order valence-corrected chi connectivity index (χ2v) is 4.17. The van der Waals surface area contributed by atoms with Gasteiger partial charge in [-0.3, -0.25) is 9.67 Å². The van der Waals surface area contributed by atoms with Crippen molar-refractivity contribution in [1.29, 1.82) is 0 Å². The molecule has 13 heavy (non-hydrogen) atoms. The Bertz CT molecular complexity index is 371. The van der Waals surface area contributed by atoms with Crippen molar-refractivity contribution in [2.45, 2.75) is 26.3 Å². The van der Waals surface area contributed by atoms with E-state index >= 15 is 0 Å². The molecule has 0 saturated heterocycles. The van der Waals surface area contributed by atoms with Gasteiger partial charge >= 0.3 is 5.69 Å². The van der Waals surface area contributed by atoms with E-state index < -0.39 is 0 Å². The van der Waals surface area contributed by atoms with Crippen molar-refractivity contribution in [3.8, 4) is 0 Å². The molecule has 1 aromatic heterocycles. The van der Waals surface area contributed by atoms with Crippen LogP contribution in [0.1, 0.15) is 19.8 Å². The number of aromatic nitrogens is 3. The highest BCUT2D eigenvalue weighted by Crippen LogP contribution is 2.37. The van der Waals surface area contributed by atoms with E-state index in [2.05, 4.69) is 17.1 Å². The first-order chi connectivity index (χ1) is 6.18. The van der Waals surface area contributed by atoms with Crippen LogP contribution in [0.3, 0.4) is 0 Å². The first-order valence-corrected chi connectivity index (χ1v) is 4.97. The first kappa shape index (κ1) is 8.74. The van der Waals surface area contributed by atoms with Gasteiger partial charge in [0.2, 0.25) is 0 Å². The average molecular weight is 199 g/mol. The molecule has 1 aromatic rings. The smallest absolute Gasteiger partial charge is 0.272 e. The zero-order chi connectivity index (χ0) is 9.42. The van der Waals surface area contributed by atoms with Crippen LogP contribution in [0.2, 0.25) is 0 Å². The van der Waals surface area contributed by atoms with Gasteiger partial charge in [-0.15, -0.1) is 0 Å². The van der Waals surface area contributed by atoms with Gasteiger partial charge in [0.25, 0.3) is 0 Å². The van der Waals surface area contributed by atoms with Gasteiger partial charge in [0, 0.05) is 6.54 Å². The first-order valence-electron chi connectivity index (χ1n) is 4.56. The summed E-state index contributed by atoms with van der Waals surface area (Å²) >= 11 is 4.97. The SMILES string of the molecule is CC(Cn1c(=O)[nH][nH]c1=S)C1CC1. The van der Waals surface area contributed by atoms with Crippen LogP contribution in [-0.2, 0) is 6.54 Å². The van der Waals surface area contributed by atoms with Crippen molar-refractivity contribution in [3.05, 3.63) is 15.3 Å². The van der Waals surface area contributed by atoms with Gasteiger partial charge in [-0.1, -0.05) is 6.92 Å². The summed E-state index contributed by atoms with van der Waals surface area (Å²) in [5.74, 6) is 1.36. The molecule has 1 heterocycles. The molecule has 1 aliphatic carbocycles. The maximum absolute atomic E-state index is 11.2. The fourth-order valence-electron chi connectivity index (χ4n) is 1.60. The highest BCUT2D eigenvalue weighted by atomic mass is 32.1. The van der Waals surface area contributed by atoms with E-state index in [1.54, 1.807) is 4.57 Å². The fraction of sp³-hybridized carbons (Fsp3) is 0.750. The normalized spacial score (nSPS) is 18.8. The highest BCUT2D eigenvalue weighted by molar-refractivity contribution is 7.71. The van der Waals surface area contributed by atoms with Gasteiger partial charge in [-0.25, -0.2) is 9.89 Å². The molecule has 0 bridgehead atoms. The number of hydrogen-bond donors (Lipinski definition) is 2. The van der Waals surface area contributed by atoms with E-state index in [9.17, 15) is 4.79 Å². The number of nitrogens with zero attached hydrogens (tertiary/aromatic N) is 1. The molecule has 5 heteroatoms. The molecule has 2 N–H and O–H groups in total. The standard InChI is InChI=1S/C8H13N3OS/c1-5(6-2-3-6)4-11-7(12)9-10-8(11)13/h5-6H,2-4H2,1H3,(H,9,12)(H,10,13). The Morgan fingerprint density at radius 3 is 2.77 bits per heavy atom. The minimum Gasteiger partial charge on any atom is -0.272 e. The Morgan fingerprint density at radius 1 is 1.62 bits per heavy atom. The maximum Gasteiger partial charge on any atom is 0.342 e. The van der Waals surface area contributed by atoms with Crippen LogP contribution in [0.25, 0.3) is 0 Å². The lowest BCUT2D eigenvalue weighted by atomic mass is 10.1. The third kappa shape index (κ3) is 1.75. The minimum absolute atomic E-state index is 0.127. The van der Waals surface area contributed by atoms with Gasteiger partial charge < -0.3 is 0 Å². The third-order valence-corrected chi connectivity index (χ3v) is 2.99. The predicted molar refractivity (Wildman–Crippen MR) is 52.1 cm³/mol. The lowest BCUT2D eigenvalue weighted by Gasteiger charge is -2.08. The van der Waals surface area contributed by atoms with E-state index in [0.29, 0.717) is 10.7 Å². The largest absolute Gasteiger partial charge is 0.342 e. The van der Waals surface area contributed by atoms with Crippen LogP contribution in [-0.4, -0.2) is 14.8 Å². The number of rotatable bonds is 3. The molecule has 0 aliphatic heterocycles. The van der Waals surface area contributed by atoms with Gasteiger partial charge in [-0.2, -0.15) is 0 Å². The molecule has 4 nitrogen and oxygen atoms in total. The Kier molecular flexibility index (Phi) is 2.11. The fourth-order valence-corrected chi connectivity index (χ4v) is 1.81. The van der Waals surface area contributed by atoms with Crippen LogP contribution in [0, 0.1) is 16.6 Å². The highest BCUT2D eigenvalue weighted by Gasteiger charge is 2.28. The number of H-pyrrole nitrogens is 2. The molecule has 0 spiro atoms. The topological polar surface area (TPSA) is 53.6 Å². The molecular formula is C8H13N3OS. The van der Waals surface area contributed by atoms with Gasteiger partial charge in [0.1, 0.15) is 0 Å². The summed E-state index contributed by atoms with van der Waals surface area (Å²) in [5, 5.41) is 5.12. The zero-order valence-corrected chi connectivity index (χ0v) is 8.36. The predicted octanol–water partition coefficient (Wildman–Crippen LogP) is 1.28. The van der Waals surface area contributed by atoms with Crippen LogP contribution < -0.4 is 5.69 Å². The summed E-state index contributed by atoms with van der Waals surface area (Å²) in [5.41, 5.74) is -0.127. The van der Waals surface area contributed by atoms with E-state index in [-0.39, 0.29) is 5.69 Å². The van der Waals surface area contributed by atoms with Crippen LogP contribution >= 0.6 is 12.2 Å². The summed E-state index contributed by atoms with van der Waals surface area (Å²) in [4.78, 5) is 11.2. The minimum atomic E-state index is -0.127. The van der Waals surface area contributed by atoms with Crippen molar-refractivity contribution < 1.29 is 0 Å². The zero-order valence-electron chi connectivity index (χ0n) is 7.54. The molecule has 1 unspecified atom stereocenters. The Labute approximate surface area is 81.0 Å². The molecular weight excluding hydrogens is 186 g/mol. The number of nitrogens with one attached hydrogen (secondary N) is 2. The molecule has 2 rings (SSSR count). The van der Waals surface area contributed by atoms with Crippen molar-refractivity contribution in [3.63, 3.8) is 0 Å². The van der Waals surface area contributed by atoms with Crippen LogP contribution in [0.15, 0.2) is 4.79 Å². The Hall–Kier alpha value is -0.840. The van der Waals surface area contributed by atoms with Crippen molar-refractivity contribution in [2.75, 3.05) is 0 Å². The lowest BCUT2D eigenvalue weighted by molar-refractivity contribution is 0.421. The van der Waals surface area contributed by atoms with E-state index in [4.69, 9.17) is 12.2 Å². The molecule has 0 radical (unpaired) electrons. The third-order valence-electron chi connectivity index (χ3n) is 2.66. The lowest BCUT2D eigenvalue weighted by Crippen LogP contribution is -2.21. The summed E-state index contributed by atoms with van der Waals surface area (Å²) in [6.45, 7) is 2.91. The molecule has 0 aromatic carbocycles. The summed E-state index contributed by atoms with van der Waals surface area (Å²) in [6.07, 6.45) is 2.60. The van der Waals surface area contributed by atoms with Crippen LogP contribution in [0.5, 0.6) is 0 Å². The van der Waals surface area contributed by atoms with Crippen LogP contribution in [0.4, 0.5) is 0 Å².